The molecule has 2 aromatic heterocycles. The highest BCUT2D eigenvalue weighted by Gasteiger charge is 2.25. The maximum Gasteiger partial charge on any atom is 0.252 e. The molecule has 0 aliphatic heterocycles. The lowest BCUT2D eigenvalue weighted by atomic mass is 9.85. The lowest BCUT2D eigenvalue weighted by Gasteiger charge is -2.24. The van der Waals surface area contributed by atoms with Crippen LogP contribution >= 0.6 is 0 Å². The molecule has 6 heteroatoms. The number of carbonyl (C=O) groups excluding carboxylic acids is 2. The van der Waals surface area contributed by atoms with E-state index in [1.165, 1.54) is 0 Å². The van der Waals surface area contributed by atoms with Gasteiger partial charge in [-0.25, -0.2) is 0 Å². The summed E-state index contributed by atoms with van der Waals surface area (Å²) < 4.78 is 5.51. The van der Waals surface area contributed by atoms with Crippen molar-refractivity contribution in [2.45, 2.75) is 39.7 Å². The highest BCUT2D eigenvalue weighted by atomic mass is 16.3. The number of fused-ring (bicyclic) bond motifs is 1. The number of benzene rings is 1. The van der Waals surface area contributed by atoms with Gasteiger partial charge in [0.2, 0.25) is 5.91 Å². The molecule has 1 fully saturated rings. The average molecular weight is 377 g/mol. The van der Waals surface area contributed by atoms with Crippen molar-refractivity contribution < 1.29 is 14.0 Å². The standard InChI is InChI=1S/C22H23N3O3/c1-13-6-9-18-19(22(27)23-12-17-8-7-14(2)28-17)10-16(11-20(18)24-13)25-21(26)15-4-3-5-15/h6-11,15H,3-5,12H2,1-2H3,(H,23,27)(H,25,26). The number of hydrogen-bond donors (Lipinski definition) is 2. The number of rotatable bonds is 5. The van der Waals surface area contributed by atoms with Crippen molar-refractivity contribution in [1.82, 2.24) is 10.3 Å². The van der Waals surface area contributed by atoms with Gasteiger partial charge < -0.3 is 15.1 Å². The molecule has 0 unspecified atom stereocenters. The van der Waals surface area contributed by atoms with Gasteiger partial charge in [0.15, 0.2) is 0 Å². The molecule has 28 heavy (non-hydrogen) atoms. The summed E-state index contributed by atoms with van der Waals surface area (Å²) in [5.41, 5.74) is 2.62. The van der Waals surface area contributed by atoms with Gasteiger partial charge in [-0.3, -0.25) is 14.6 Å². The van der Waals surface area contributed by atoms with E-state index in [2.05, 4.69) is 15.6 Å². The molecule has 144 valence electrons. The Morgan fingerprint density at radius 3 is 2.64 bits per heavy atom. The monoisotopic (exact) mass is 377 g/mol. The predicted molar refractivity (Wildman–Crippen MR) is 107 cm³/mol. The molecule has 0 bridgehead atoms. The minimum absolute atomic E-state index is 0.00988. The molecule has 1 aliphatic carbocycles. The van der Waals surface area contributed by atoms with Gasteiger partial charge in [-0.05, 0) is 57.0 Å². The van der Waals surface area contributed by atoms with Crippen molar-refractivity contribution in [3.8, 4) is 0 Å². The van der Waals surface area contributed by atoms with Crippen LogP contribution in [-0.4, -0.2) is 16.8 Å². The van der Waals surface area contributed by atoms with Gasteiger partial charge >= 0.3 is 0 Å². The molecule has 2 amide bonds. The summed E-state index contributed by atoms with van der Waals surface area (Å²) in [5, 5.41) is 6.59. The van der Waals surface area contributed by atoms with Crippen molar-refractivity contribution in [3.63, 3.8) is 0 Å². The van der Waals surface area contributed by atoms with E-state index in [1.54, 1.807) is 6.07 Å². The maximum absolute atomic E-state index is 12.9. The van der Waals surface area contributed by atoms with Crippen LogP contribution in [0.5, 0.6) is 0 Å². The molecule has 1 aromatic carbocycles. The Morgan fingerprint density at radius 2 is 1.96 bits per heavy atom. The van der Waals surface area contributed by atoms with Crippen molar-refractivity contribution in [2.24, 2.45) is 5.92 Å². The molecule has 1 saturated carbocycles. The Labute approximate surface area is 163 Å². The van der Waals surface area contributed by atoms with Crippen LogP contribution in [0.1, 0.15) is 46.8 Å². The van der Waals surface area contributed by atoms with E-state index in [0.717, 1.165) is 36.1 Å². The van der Waals surface area contributed by atoms with Gasteiger partial charge in [0, 0.05) is 22.7 Å². The number of anilines is 1. The first-order valence-electron chi connectivity index (χ1n) is 9.55. The number of amides is 2. The second-order valence-electron chi connectivity index (χ2n) is 7.36. The first-order chi connectivity index (χ1) is 13.5. The first kappa shape index (κ1) is 18.2. The Balaban J connectivity index is 1.62. The highest BCUT2D eigenvalue weighted by Crippen LogP contribution is 2.29. The Kier molecular flexibility index (Phi) is 4.86. The third-order valence-electron chi connectivity index (χ3n) is 5.15. The fourth-order valence-electron chi connectivity index (χ4n) is 3.35. The summed E-state index contributed by atoms with van der Waals surface area (Å²) in [5.74, 6) is 1.34. The van der Waals surface area contributed by atoms with E-state index >= 15 is 0 Å². The van der Waals surface area contributed by atoms with Crippen molar-refractivity contribution in [2.75, 3.05) is 5.32 Å². The van der Waals surface area contributed by atoms with E-state index in [4.69, 9.17) is 4.42 Å². The van der Waals surface area contributed by atoms with Crippen LogP contribution in [0.3, 0.4) is 0 Å². The van der Waals surface area contributed by atoms with Gasteiger partial charge in [-0.2, -0.15) is 0 Å². The van der Waals surface area contributed by atoms with Crippen LogP contribution in [0.4, 0.5) is 5.69 Å². The number of hydrogen-bond acceptors (Lipinski definition) is 4. The molecule has 0 saturated heterocycles. The highest BCUT2D eigenvalue weighted by molar-refractivity contribution is 6.08. The Hall–Kier alpha value is -3.15. The summed E-state index contributed by atoms with van der Waals surface area (Å²) in [6.07, 6.45) is 2.94. The van der Waals surface area contributed by atoms with Crippen molar-refractivity contribution in [1.29, 1.82) is 0 Å². The normalized spacial score (nSPS) is 13.9. The van der Waals surface area contributed by atoms with Crippen molar-refractivity contribution >= 4 is 28.4 Å². The molecule has 3 aromatic rings. The summed E-state index contributed by atoms with van der Waals surface area (Å²) >= 11 is 0. The molecule has 0 radical (unpaired) electrons. The van der Waals surface area contributed by atoms with Crippen LogP contribution in [0.25, 0.3) is 10.9 Å². The number of aryl methyl sites for hydroxylation is 2. The third-order valence-corrected chi connectivity index (χ3v) is 5.15. The van der Waals surface area contributed by atoms with Crippen LogP contribution in [0.15, 0.2) is 40.8 Å². The number of nitrogens with one attached hydrogen (secondary N) is 2. The number of pyridine rings is 1. The van der Waals surface area contributed by atoms with Crippen LogP contribution in [-0.2, 0) is 11.3 Å². The third kappa shape index (κ3) is 3.76. The predicted octanol–water partition coefficient (Wildman–Crippen LogP) is 4.11. The molecule has 0 spiro atoms. The lowest BCUT2D eigenvalue weighted by molar-refractivity contribution is -0.122. The van der Waals surface area contributed by atoms with Gasteiger partial charge in [0.25, 0.3) is 5.91 Å². The minimum atomic E-state index is -0.232. The molecular weight excluding hydrogens is 354 g/mol. The fourth-order valence-corrected chi connectivity index (χ4v) is 3.35. The van der Waals surface area contributed by atoms with E-state index in [-0.39, 0.29) is 17.7 Å². The van der Waals surface area contributed by atoms with Gasteiger partial charge in [-0.1, -0.05) is 12.5 Å². The zero-order valence-corrected chi connectivity index (χ0v) is 16.0. The fraction of sp³-hybridized carbons (Fsp3) is 0.318. The van der Waals surface area contributed by atoms with E-state index < -0.39 is 0 Å². The smallest absolute Gasteiger partial charge is 0.252 e. The summed E-state index contributed by atoms with van der Waals surface area (Å²) in [7, 11) is 0. The van der Waals surface area contributed by atoms with Crippen LogP contribution in [0, 0.1) is 19.8 Å². The van der Waals surface area contributed by atoms with E-state index in [1.807, 2.05) is 44.2 Å². The molecule has 2 N–H and O–H groups in total. The molecule has 2 heterocycles. The number of carbonyl (C=O) groups is 2. The average Bonchev–Trinajstić information content (AvgIpc) is 3.02. The summed E-state index contributed by atoms with van der Waals surface area (Å²) in [6, 6.07) is 11.0. The van der Waals surface area contributed by atoms with Gasteiger partial charge in [0.05, 0.1) is 17.6 Å². The first-order valence-corrected chi connectivity index (χ1v) is 9.55. The van der Waals surface area contributed by atoms with Gasteiger partial charge in [0.1, 0.15) is 11.5 Å². The molecule has 4 rings (SSSR count). The van der Waals surface area contributed by atoms with Gasteiger partial charge in [-0.15, -0.1) is 0 Å². The second kappa shape index (κ2) is 7.46. The Morgan fingerprint density at radius 1 is 1.14 bits per heavy atom. The van der Waals surface area contributed by atoms with E-state index in [0.29, 0.717) is 29.1 Å². The number of furan rings is 1. The topological polar surface area (TPSA) is 84.2 Å². The minimum Gasteiger partial charge on any atom is -0.465 e. The second-order valence-corrected chi connectivity index (χ2v) is 7.36. The SMILES string of the molecule is Cc1ccc2c(C(=O)NCc3ccc(C)o3)cc(NC(=O)C3CCC3)cc2n1. The Bertz CT molecular complexity index is 1050. The molecule has 6 nitrogen and oxygen atoms in total. The molecular formula is C22H23N3O3. The number of nitrogens with zero attached hydrogens (tertiary/aromatic N) is 1. The largest absolute Gasteiger partial charge is 0.465 e. The molecule has 0 atom stereocenters. The summed E-state index contributed by atoms with van der Waals surface area (Å²) in [6.45, 7) is 4.06. The maximum atomic E-state index is 12.9. The van der Waals surface area contributed by atoms with Crippen LogP contribution < -0.4 is 10.6 Å². The lowest BCUT2D eigenvalue weighted by Crippen LogP contribution is -2.28. The number of aromatic nitrogens is 1. The zero-order chi connectivity index (χ0) is 19.7. The quantitative estimate of drug-likeness (QED) is 0.701. The summed E-state index contributed by atoms with van der Waals surface area (Å²) in [4.78, 5) is 29.8. The van der Waals surface area contributed by atoms with Crippen molar-refractivity contribution in [3.05, 3.63) is 59.2 Å². The molecule has 1 aliphatic rings. The zero-order valence-electron chi connectivity index (χ0n) is 16.0. The van der Waals surface area contributed by atoms with E-state index in [9.17, 15) is 9.59 Å². The van der Waals surface area contributed by atoms with Crippen LogP contribution in [0.2, 0.25) is 0 Å².